The second-order valence-electron chi connectivity index (χ2n) is 2.72. The van der Waals surface area contributed by atoms with Crippen LogP contribution in [0.5, 0.6) is 0 Å². The lowest BCUT2D eigenvalue weighted by Crippen LogP contribution is -1.94. The first-order valence-corrected chi connectivity index (χ1v) is 4.92. The molecule has 12 heavy (non-hydrogen) atoms. The third-order valence-corrected chi connectivity index (χ3v) is 2.90. The van der Waals surface area contributed by atoms with Crippen molar-refractivity contribution in [2.45, 2.75) is 25.9 Å². The molecule has 1 atom stereocenters. The fourth-order valence-corrected chi connectivity index (χ4v) is 2.11. The normalized spacial score (nSPS) is 13.2. The van der Waals surface area contributed by atoms with Gasteiger partial charge in [0.05, 0.1) is 0 Å². The van der Waals surface area contributed by atoms with E-state index in [1.165, 1.54) is 16.2 Å². The van der Waals surface area contributed by atoms with Gasteiger partial charge in [-0.25, -0.2) is 4.39 Å². The van der Waals surface area contributed by atoms with E-state index in [0.29, 0.717) is 0 Å². The van der Waals surface area contributed by atoms with Gasteiger partial charge in [0.2, 0.25) is 0 Å². The van der Waals surface area contributed by atoms with E-state index < -0.39 is 12.8 Å². The van der Waals surface area contributed by atoms with Crippen LogP contribution in [0.25, 0.3) is 0 Å². The fraction of sp³-hybridized carbons (Fsp3) is 0.556. The maximum atomic E-state index is 12.0. The van der Waals surface area contributed by atoms with Crippen molar-refractivity contribution >= 4 is 11.3 Å². The summed E-state index contributed by atoms with van der Waals surface area (Å²) in [5.74, 6) is 0. The van der Waals surface area contributed by atoms with Crippen molar-refractivity contribution in [2.24, 2.45) is 0 Å². The Morgan fingerprint density at radius 3 is 2.92 bits per heavy atom. The Morgan fingerprint density at radius 1 is 1.58 bits per heavy atom. The van der Waals surface area contributed by atoms with Crippen molar-refractivity contribution in [3.63, 3.8) is 0 Å². The van der Waals surface area contributed by atoms with Gasteiger partial charge in [-0.2, -0.15) is 0 Å². The zero-order valence-electron chi connectivity index (χ0n) is 7.09. The highest BCUT2D eigenvalue weighted by Gasteiger charge is 2.08. The molecule has 0 fully saturated rings. The summed E-state index contributed by atoms with van der Waals surface area (Å²) in [5, 5.41) is 9.15. The van der Waals surface area contributed by atoms with Gasteiger partial charge < -0.3 is 5.11 Å². The Balaban J connectivity index is 2.63. The quantitative estimate of drug-likeness (QED) is 0.770. The van der Waals surface area contributed by atoms with Crippen LogP contribution in [-0.2, 0) is 6.42 Å². The Hall–Kier alpha value is -0.410. The predicted molar refractivity (Wildman–Crippen MR) is 49.2 cm³/mol. The van der Waals surface area contributed by atoms with Crippen LogP contribution in [0.3, 0.4) is 0 Å². The molecule has 1 unspecified atom stereocenters. The largest absolute Gasteiger partial charge is 0.385 e. The molecule has 0 aliphatic carbocycles. The van der Waals surface area contributed by atoms with E-state index in [9.17, 15) is 4.39 Å². The number of aryl methyl sites for hydroxylation is 1. The number of alkyl halides is 1. The van der Waals surface area contributed by atoms with E-state index in [1.54, 1.807) is 6.07 Å². The smallest absolute Gasteiger partial charge is 0.120 e. The van der Waals surface area contributed by atoms with Gasteiger partial charge in [0.1, 0.15) is 12.8 Å². The van der Waals surface area contributed by atoms with E-state index in [1.807, 2.05) is 6.07 Å². The standard InChI is InChI=1S/C9H13FOS/c1-2-3-7-4-5-9(12-7)8(11)6-10/h4-5,8,11H,2-3,6H2,1H3. The Kier molecular flexibility index (Phi) is 3.69. The second kappa shape index (κ2) is 4.58. The molecule has 1 nitrogen and oxygen atoms in total. The molecule has 1 N–H and O–H groups in total. The minimum absolute atomic E-state index is 0.688. The monoisotopic (exact) mass is 188 g/mol. The van der Waals surface area contributed by atoms with E-state index >= 15 is 0 Å². The molecule has 0 spiro atoms. The van der Waals surface area contributed by atoms with Gasteiger partial charge in [0.25, 0.3) is 0 Å². The number of hydrogen-bond acceptors (Lipinski definition) is 2. The average molecular weight is 188 g/mol. The van der Waals surface area contributed by atoms with Gasteiger partial charge in [-0.3, -0.25) is 0 Å². The second-order valence-corrected chi connectivity index (χ2v) is 3.92. The summed E-state index contributed by atoms with van der Waals surface area (Å²) in [6.45, 7) is 1.41. The summed E-state index contributed by atoms with van der Waals surface area (Å²) >= 11 is 1.50. The number of hydrogen-bond donors (Lipinski definition) is 1. The summed E-state index contributed by atoms with van der Waals surface area (Å²) in [5.41, 5.74) is 0. The lowest BCUT2D eigenvalue weighted by molar-refractivity contribution is 0.145. The number of aliphatic hydroxyl groups is 1. The van der Waals surface area contributed by atoms with E-state index in [0.717, 1.165) is 17.7 Å². The Labute approximate surface area is 75.9 Å². The molecule has 0 radical (unpaired) electrons. The number of aliphatic hydroxyl groups excluding tert-OH is 1. The summed E-state index contributed by atoms with van der Waals surface area (Å²) in [6, 6.07) is 3.77. The van der Waals surface area contributed by atoms with E-state index in [4.69, 9.17) is 5.11 Å². The lowest BCUT2D eigenvalue weighted by Gasteiger charge is -2.00. The molecular weight excluding hydrogens is 175 g/mol. The molecule has 0 aliphatic heterocycles. The van der Waals surface area contributed by atoms with Crippen LogP contribution < -0.4 is 0 Å². The summed E-state index contributed by atoms with van der Waals surface area (Å²) < 4.78 is 12.0. The predicted octanol–water partition coefficient (Wildman–Crippen LogP) is 2.70. The minimum atomic E-state index is -0.916. The summed E-state index contributed by atoms with van der Waals surface area (Å²) in [6.07, 6.45) is 1.19. The minimum Gasteiger partial charge on any atom is -0.385 e. The highest BCUT2D eigenvalue weighted by atomic mass is 32.1. The molecular formula is C9H13FOS. The molecule has 68 valence electrons. The van der Waals surface area contributed by atoms with Crippen LogP contribution in [0.15, 0.2) is 12.1 Å². The average Bonchev–Trinajstić information content (AvgIpc) is 2.52. The van der Waals surface area contributed by atoms with Crippen molar-refractivity contribution in [3.05, 3.63) is 21.9 Å². The first-order chi connectivity index (χ1) is 5.77. The van der Waals surface area contributed by atoms with Crippen molar-refractivity contribution < 1.29 is 9.50 Å². The Bertz CT molecular complexity index is 234. The molecule has 1 aromatic heterocycles. The summed E-state index contributed by atoms with van der Waals surface area (Å²) in [7, 11) is 0. The fourth-order valence-electron chi connectivity index (χ4n) is 1.03. The SMILES string of the molecule is CCCc1ccc(C(O)CF)s1. The zero-order valence-corrected chi connectivity index (χ0v) is 7.90. The highest BCUT2D eigenvalue weighted by Crippen LogP contribution is 2.24. The van der Waals surface area contributed by atoms with Gasteiger partial charge >= 0.3 is 0 Å². The van der Waals surface area contributed by atoms with Crippen molar-refractivity contribution in [1.29, 1.82) is 0 Å². The third kappa shape index (κ3) is 2.29. The maximum absolute atomic E-state index is 12.0. The molecule has 1 heterocycles. The molecule has 1 aromatic rings. The first kappa shape index (κ1) is 9.68. The summed E-state index contributed by atoms with van der Waals surface area (Å²) in [4.78, 5) is 1.96. The molecule has 0 bridgehead atoms. The van der Waals surface area contributed by atoms with Crippen LogP contribution in [0.1, 0.15) is 29.2 Å². The molecule has 0 saturated carbocycles. The van der Waals surface area contributed by atoms with Crippen molar-refractivity contribution in [2.75, 3.05) is 6.67 Å². The molecule has 1 rings (SSSR count). The third-order valence-electron chi connectivity index (χ3n) is 1.65. The van der Waals surface area contributed by atoms with E-state index in [-0.39, 0.29) is 0 Å². The molecule has 0 saturated heterocycles. The zero-order chi connectivity index (χ0) is 8.97. The lowest BCUT2D eigenvalue weighted by atomic mass is 10.3. The topological polar surface area (TPSA) is 20.2 Å². The molecule has 3 heteroatoms. The molecule has 0 aromatic carbocycles. The van der Waals surface area contributed by atoms with Gasteiger partial charge in [-0.1, -0.05) is 13.3 Å². The molecule has 0 aliphatic rings. The van der Waals surface area contributed by atoms with Crippen LogP contribution in [0.2, 0.25) is 0 Å². The van der Waals surface area contributed by atoms with Crippen molar-refractivity contribution in [3.8, 4) is 0 Å². The van der Waals surface area contributed by atoms with E-state index in [2.05, 4.69) is 6.92 Å². The van der Waals surface area contributed by atoms with Crippen LogP contribution in [-0.4, -0.2) is 11.8 Å². The Morgan fingerprint density at radius 2 is 2.33 bits per heavy atom. The first-order valence-electron chi connectivity index (χ1n) is 4.10. The van der Waals surface area contributed by atoms with Crippen LogP contribution >= 0.6 is 11.3 Å². The van der Waals surface area contributed by atoms with Crippen LogP contribution in [0.4, 0.5) is 4.39 Å². The number of halogens is 1. The maximum Gasteiger partial charge on any atom is 0.120 e. The van der Waals surface area contributed by atoms with Gasteiger partial charge in [0.15, 0.2) is 0 Å². The van der Waals surface area contributed by atoms with Crippen LogP contribution in [0, 0.1) is 0 Å². The van der Waals surface area contributed by atoms with Crippen molar-refractivity contribution in [1.82, 2.24) is 0 Å². The van der Waals surface area contributed by atoms with Gasteiger partial charge in [-0.05, 0) is 18.6 Å². The highest BCUT2D eigenvalue weighted by molar-refractivity contribution is 7.12. The number of rotatable bonds is 4. The van der Waals surface area contributed by atoms with Gasteiger partial charge in [0, 0.05) is 9.75 Å². The molecule has 0 amide bonds. The number of thiophene rings is 1. The van der Waals surface area contributed by atoms with Gasteiger partial charge in [-0.15, -0.1) is 11.3 Å².